The van der Waals surface area contributed by atoms with Crippen molar-refractivity contribution in [2.45, 2.75) is 0 Å². The van der Waals surface area contributed by atoms with E-state index in [-0.39, 0.29) is 28.1 Å². The van der Waals surface area contributed by atoms with Crippen LogP contribution in [0, 0.1) is 10.1 Å². The highest BCUT2D eigenvalue weighted by atomic mass is 16.6. The first kappa shape index (κ1) is 15.3. The van der Waals surface area contributed by atoms with Crippen LogP contribution in [-0.2, 0) is 4.74 Å². The third kappa shape index (κ3) is 2.21. The molecule has 0 spiro atoms. The quantitative estimate of drug-likeness (QED) is 0.370. The number of fused-ring (bicyclic) bond motifs is 1. The number of non-ortho nitro benzene ring substituents is 1. The van der Waals surface area contributed by atoms with Gasteiger partial charge in [-0.2, -0.15) is 0 Å². The number of rotatable bonds is 3. The molecule has 1 heterocycles. The van der Waals surface area contributed by atoms with Gasteiger partial charge in [0.1, 0.15) is 0 Å². The fourth-order valence-electron chi connectivity index (χ4n) is 2.51. The van der Waals surface area contributed by atoms with Crippen molar-refractivity contribution in [2.75, 3.05) is 12.0 Å². The van der Waals surface area contributed by atoms with Crippen LogP contribution in [0.25, 0.3) is 0 Å². The van der Waals surface area contributed by atoms with E-state index in [9.17, 15) is 24.5 Å². The minimum Gasteiger partial charge on any atom is -0.465 e. The highest BCUT2D eigenvalue weighted by molar-refractivity contribution is 6.35. The van der Waals surface area contributed by atoms with Crippen molar-refractivity contribution in [3.8, 4) is 0 Å². The third-order valence-corrected chi connectivity index (χ3v) is 3.63. The largest absolute Gasteiger partial charge is 0.465 e. The first-order chi connectivity index (χ1) is 11.5. The number of anilines is 1. The van der Waals surface area contributed by atoms with Gasteiger partial charge in [-0.3, -0.25) is 19.7 Å². The Morgan fingerprint density at radius 2 is 1.75 bits per heavy atom. The molecule has 0 fully saturated rings. The van der Waals surface area contributed by atoms with E-state index in [0.717, 1.165) is 17.0 Å². The molecule has 8 heteroatoms. The Kier molecular flexibility index (Phi) is 3.57. The Morgan fingerprint density at radius 3 is 2.42 bits per heavy atom. The molecule has 0 saturated heterocycles. The van der Waals surface area contributed by atoms with Crippen LogP contribution in [0.2, 0.25) is 0 Å². The smallest absolute Gasteiger partial charge is 0.339 e. The lowest BCUT2D eigenvalue weighted by atomic mass is 10.1. The zero-order chi connectivity index (χ0) is 17.4. The van der Waals surface area contributed by atoms with E-state index in [0.29, 0.717) is 0 Å². The first-order valence-corrected chi connectivity index (χ1v) is 6.80. The zero-order valence-corrected chi connectivity index (χ0v) is 12.4. The summed E-state index contributed by atoms with van der Waals surface area (Å²) in [5.74, 6) is -2.08. The molecular weight excluding hydrogens is 316 g/mol. The maximum atomic E-state index is 12.6. The number of imide groups is 1. The molecule has 1 aliphatic rings. The second kappa shape index (κ2) is 5.58. The molecule has 3 rings (SSSR count). The van der Waals surface area contributed by atoms with Crippen LogP contribution >= 0.6 is 0 Å². The number of methoxy groups -OCH3 is 1. The van der Waals surface area contributed by atoms with Crippen LogP contribution in [0.4, 0.5) is 11.4 Å². The van der Waals surface area contributed by atoms with Gasteiger partial charge in [0.15, 0.2) is 0 Å². The number of benzene rings is 2. The van der Waals surface area contributed by atoms with Crippen molar-refractivity contribution in [3.05, 3.63) is 69.3 Å². The Morgan fingerprint density at radius 1 is 1.08 bits per heavy atom. The monoisotopic (exact) mass is 326 g/mol. The Balaban J connectivity index is 2.13. The average Bonchev–Trinajstić information content (AvgIpc) is 2.84. The van der Waals surface area contributed by atoms with Crippen LogP contribution in [0.5, 0.6) is 0 Å². The van der Waals surface area contributed by atoms with E-state index in [1.807, 2.05) is 0 Å². The normalized spacial score (nSPS) is 13.0. The van der Waals surface area contributed by atoms with Gasteiger partial charge in [0, 0.05) is 12.1 Å². The summed E-state index contributed by atoms with van der Waals surface area (Å²) in [6, 6.07) is 9.42. The van der Waals surface area contributed by atoms with Gasteiger partial charge in [0.2, 0.25) is 0 Å². The van der Waals surface area contributed by atoms with Crippen molar-refractivity contribution < 1.29 is 24.0 Å². The van der Waals surface area contributed by atoms with E-state index in [1.165, 1.54) is 25.3 Å². The molecule has 0 aromatic heterocycles. The van der Waals surface area contributed by atoms with Gasteiger partial charge in [-0.25, -0.2) is 9.69 Å². The highest BCUT2D eigenvalue weighted by Gasteiger charge is 2.39. The molecule has 2 aromatic carbocycles. The highest BCUT2D eigenvalue weighted by Crippen LogP contribution is 2.32. The van der Waals surface area contributed by atoms with Crippen molar-refractivity contribution in [1.82, 2.24) is 0 Å². The SMILES string of the molecule is COC(=O)c1ccccc1N1C(=O)c2ccc([N+](=O)[O-])cc2C1=O. The van der Waals surface area contributed by atoms with E-state index in [4.69, 9.17) is 0 Å². The van der Waals surface area contributed by atoms with Crippen LogP contribution < -0.4 is 4.90 Å². The molecule has 0 saturated carbocycles. The number of carbonyl (C=O) groups is 3. The summed E-state index contributed by atoms with van der Waals surface area (Å²) in [7, 11) is 1.19. The lowest BCUT2D eigenvalue weighted by Crippen LogP contribution is -2.31. The number of nitro benzene ring substituents is 1. The summed E-state index contributed by atoms with van der Waals surface area (Å²) in [5.41, 5.74) is -0.209. The van der Waals surface area contributed by atoms with Gasteiger partial charge in [0.25, 0.3) is 17.5 Å². The van der Waals surface area contributed by atoms with Gasteiger partial charge in [-0.1, -0.05) is 12.1 Å². The van der Waals surface area contributed by atoms with Gasteiger partial charge in [-0.05, 0) is 18.2 Å². The summed E-state index contributed by atoms with van der Waals surface area (Å²) in [6.45, 7) is 0. The Bertz CT molecular complexity index is 905. The van der Waals surface area contributed by atoms with Crippen LogP contribution in [-0.4, -0.2) is 29.8 Å². The second-order valence-electron chi connectivity index (χ2n) is 4.94. The molecule has 1 aliphatic heterocycles. The first-order valence-electron chi connectivity index (χ1n) is 6.80. The zero-order valence-electron chi connectivity index (χ0n) is 12.4. The molecule has 0 aliphatic carbocycles. The van der Waals surface area contributed by atoms with Crippen LogP contribution in [0.1, 0.15) is 31.1 Å². The molecule has 2 aromatic rings. The lowest BCUT2D eigenvalue weighted by Gasteiger charge is -2.16. The van der Waals surface area contributed by atoms with E-state index >= 15 is 0 Å². The van der Waals surface area contributed by atoms with Gasteiger partial charge in [0.05, 0.1) is 34.4 Å². The van der Waals surface area contributed by atoms with E-state index < -0.39 is 22.7 Å². The number of amides is 2. The summed E-state index contributed by atoms with van der Waals surface area (Å²) in [5, 5.41) is 10.9. The molecule has 0 N–H and O–H groups in total. The van der Waals surface area contributed by atoms with Gasteiger partial charge in [-0.15, -0.1) is 0 Å². The van der Waals surface area contributed by atoms with Gasteiger partial charge < -0.3 is 4.74 Å². The standard InChI is InChI=1S/C16H10N2O6/c1-24-16(21)11-4-2-3-5-13(11)17-14(19)10-7-6-9(18(22)23)8-12(10)15(17)20/h2-8H,1H3. The number of carbonyl (C=O) groups excluding carboxylic acids is 3. The predicted octanol–water partition coefficient (Wildman–Crippen LogP) is 2.18. The maximum Gasteiger partial charge on any atom is 0.339 e. The van der Waals surface area contributed by atoms with Crippen molar-refractivity contribution in [1.29, 1.82) is 0 Å². The number of nitro groups is 1. The minimum atomic E-state index is -0.727. The van der Waals surface area contributed by atoms with Crippen LogP contribution in [0.15, 0.2) is 42.5 Å². The summed E-state index contributed by atoms with van der Waals surface area (Å²) in [6.07, 6.45) is 0. The van der Waals surface area contributed by atoms with E-state index in [2.05, 4.69) is 4.74 Å². The fraction of sp³-hybridized carbons (Fsp3) is 0.0625. The summed E-state index contributed by atoms with van der Waals surface area (Å²) < 4.78 is 4.66. The molecule has 0 bridgehead atoms. The molecule has 24 heavy (non-hydrogen) atoms. The average molecular weight is 326 g/mol. The molecule has 0 radical (unpaired) electrons. The molecule has 8 nitrogen and oxygen atoms in total. The van der Waals surface area contributed by atoms with Crippen molar-refractivity contribution in [2.24, 2.45) is 0 Å². The summed E-state index contributed by atoms with van der Waals surface area (Å²) in [4.78, 5) is 48.0. The minimum absolute atomic E-state index is 0.0454. The van der Waals surface area contributed by atoms with Gasteiger partial charge >= 0.3 is 5.97 Å². The molecular formula is C16H10N2O6. The number of hydrogen-bond donors (Lipinski definition) is 0. The maximum absolute atomic E-state index is 12.6. The Hall–Kier alpha value is -3.55. The number of nitrogens with zero attached hydrogens (tertiary/aromatic N) is 2. The number of hydrogen-bond acceptors (Lipinski definition) is 6. The van der Waals surface area contributed by atoms with Crippen LogP contribution in [0.3, 0.4) is 0 Å². The Labute approximate surface area is 135 Å². The number of ether oxygens (including phenoxy) is 1. The number of para-hydroxylation sites is 1. The predicted molar refractivity (Wildman–Crippen MR) is 82.0 cm³/mol. The topological polar surface area (TPSA) is 107 Å². The third-order valence-electron chi connectivity index (χ3n) is 3.63. The fourth-order valence-corrected chi connectivity index (χ4v) is 2.51. The molecule has 120 valence electrons. The van der Waals surface area contributed by atoms with Crippen molar-refractivity contribution >= 4 is 29.2 Å². The molecule has 0 atom stereocenters. The second-order valence-corrected chi connectivity index (χ2v) is 4.94. The van der Waals surface area contributed by atoms with Crippen molar-refractivity contribution in [3.63, 3.8) is 0 Å². The summed E-state index contributed by atoms with van der Waals surface area (Å²) >= 11 is 0. The van der Waals surface area contributed by atoms with E-state index in [1.54, 1.807) is 12.1 Å². The lowest BCUT2D eigenvalue weighted by molar-refractivity contribution is -0.384. The number of esters is 1. The molecule has 0 unspecified atom stereocenters. The molecule has 2 amide bonds.